The van der Waals surface area contributed by atoms with Gasteiger partial charge in [-0.25, -0.2) is 0 Å². The van der Waals surface area contributed by atoms with Crippen LogP contribution in [0.4, 0.5) is 0 Å². The molecule has 0 aliphatic heterocycles. The molecule has 2 N–H and O–H groups in total. The molecule has 0 aromatic rings. The lowest BCUT2D eigenvalue weighted by atomic mass is 9.88. The first-order valence-corrected chi connectivity index (χ1v) is 6.10. The van der Waals surface area contributed by atoms with E-state index in [4.69, 9.17) is 10.5 Å². The molecule has 1 aliphatic rings. The van der Waals surface area contributed by atoms with Gasteiger partial charge in [-0.3, -0.25) is 4.79 Å². The van der Waals surface area contributed by atoms with Gasteiger partial charge in [-0.1, -0.05) is 19.8 Å². The van der Waals surface area contributed by atoms with E-state index in [1.54, 1.807) is 0 Å². The number of rotatable bonds is 5. The molecule has 0 radical (unpaired) electrons. The number of carbonyl (C=O) groups excluding carboxylic acids is 1. The first-order chi connectivity index (χ1) is 7.65. The summed E-state index contributed by atoms with van der Waals surface area (Å²) in [4.78, 5) is 11.1. The predicted octanol–water partition coefficient (Wildman–Crippen LogP) is 1.47. The maximum absolute atomic E-state index is 11.1. The first-order valence-electron chi connectivity index (χ1n) is 6.10. The van der Waals surface area contributed by atoms with Crippen LogP contribution in [-0.4, -0.2) is 31.8 Å². The van der Waals surface area contributed by atoms with Crippen LogP contribution in [0.3, 0.4) is 0 Å². The fraction of sp³-hybridized carbons (Fsp3) is 0.917. The van der Waals surface area contributed by atoms with Crippen LogP contribution in [0.2, 0.25) is 0 Å². The predicted molar refractivity (Wildman–Crippen MR) is 62.0 cm³/mol. The maximum atomic E-state index is 11.1. The molecule has 0 aromatic carbocycles. The van der Waals surface area contributed by atoms with E-state index in [1.807, 2.05) is 0 Å². The molecule has 94 valence electrons. The van der Waals surface area contributed by atoms with Crippen molar-refractivity contribution in [3.63, 3.8) is 0 Å². The van der Waals surface area contributed by atoms with Gasteiger partial charge in [-0.15, -0.1) is 0 Å². The summed E-state index contributed by atoms with van der Waals surface area (Å²) in [6.45, 7) is 2.77. The lowest BCUT2D eigenvalue weighted by Gasteiger charge is -2.29. The van der Waals surface area contributed by atoms with Gasteiger partial charge < -0.3 is 15.2 Å². The zero-order valence-corrected chi connectivity index (χ0v) is 10.3. The van der Waals surface area contributed by atoms with Crippen molar-refractivity contribution in [2.24, 2.45) is 11.7 Å². The topological polar surface area (TPSA) is 61.5 Å². The fourth-order valence-corrected chi connectivity index (χ4v) is 2.15. The number of nitrogens with two attached hydrogens (primary N) is 1. The molecule has 4 nitrogen and oxygen atoms in total. The van der Waals surface area contributed by atoms with Crippen molar-refractivity contribution < 1.29 is 14.3 Å². The van der Waals surface area contributed by atoms with E-state index >= 15 is 0 Å². The zero-order chi connectivity index (χ0) is 12.0. The minimum Gasteiger partial charge on any atom is -0.468 e. The number of carbonyl (C=O) groups is 1. The number of hydrogen-bond donors (Lipinski definition) is 1. The smallest absolute Gasteiger partial charge is 0.322 e. The van der Waals surface area contributed by atoms with Crippen LogP contribution in [0.5, 0.6) is 0 Å². The van der Waals surface area contributed by atoms with Crippen LogP contribution in [0.15, 0.2) is 0 Å². The van der Waals surface area contributed by atoms with Crippen molar-refractivity contribution in [3.8, 4) is 0 Å². The fourth-order valence-electron chi connectivity index (χ4n) is 2.15. The highest BCUT2D eigenvalue weighted by atomic mass is 16.5. The van der Waals surface area contributed by atoms with Crippen molar-refractivity contribution in [1.82, 2.24) is 0 Å². The molecular formula is C12H23NO3. The summed E-state index contributed by atoms with van der Waals surface area (Å²) in [5.74, 6) is 0.267. The molecule has 1 aliphatic carbocycles. The summed E-state index contributed by atoms with van der Waals surface area (Å²) in [7, 11) is 1.35. The summed E-state index contributed by atoms with van der Waals surface area (Å²) in [6.07, 6.45) is 5.82. The van der Waals surface area contributed by atoms with Crippen LogP contribution in [0.25, 0.3) is 0 Å². The van der Waals surface area contributed by atoms with Crippen molar-refractivity contribution in [1.29, 1.82) is 0 Å². The van der Waals surface area contributed by atoms with Gasteiger partial charge in [0.05, 0.1) is 13.2 Å². The van der Waals surface area contributed by atoms with E-state index < -0.39 is 6.04 Å². The Labute approximate surface area is 97.5 Å². The van der Waals surface area contributed by atoms with Crippen LogP contribution in [0.1, 0.15) is 39.0 Å². The van der Waals surface area contributed by atoms with Crippen molar-refractivity contribution >= 4 is 5.97 Å². The molecule has 4 heteroatoms. The molecule has 0 bridgehead atoms. The monoisotopic (exact) mass is 229 g/mol. The van der Waals surface area contributed by atoms with Crippen LogP contribution >= 0.6 is 0 Å². The summed E-state index contributed by atoms with van der Waals surface area (Å²) < 4.78 is 10.3. The minimum atomic E-state index is -0.552. The average molecular weight is 229 g/mol. The summed E-state index contributed by atoms with van der Waals surface area (Å²) in [5.41, 5.74) is 5.62. The molecule has 0 aromatic heterocycles. The lowest BCUT2D eigenvalue weighted by Crippen LogP contribution is -2.34. The SMILES string of the molecule is COC(=O)C(N)CCOC1CCCCC1C. The highest BCUT2D eigenvalue weighted by Crippen LogP contribution is 2.26. The van der Waals surface area contributed by atoms with Crippen molar-refractivity contribution in [2.45, 2.75) is 51.2 Å². The van der Waals surface area contributed by atoms with Crippen LogP contribution in [0, 0.1) is 5.92 Å². The summed E-state index contributed by atoms with van der Waals surface area (Å²) in [6, 6.07) is -0.552. The zero-order valence-electron chi connectivity index (χ0n) is 10.3. The highest BCUT2D eigenvalue weighted by Gasteiger charge is 2.22. The van der Waals surface area contributed by atoms with E-state index in [2.05, 4.69) is 11.7 Å². The Morgan fingerprint density at radius 1 is 1.44 bits per heavy atom. The van der Waals surface area contributed by atoms with Gasteiger partial charge in [-0.2, -0.15) is 0 Å². The largest absolute Gasteiger partial charge is 0.468 e. The Balaban J connectivity index is 2.16. The Morgan fingerprint density at radius 2 is 2.12 bits per heavy atom. The second-order valence-corrected chi connectivity index (χ2v) is 4.59. The summed E-state index contributed by atoms with van der Waals surface area (Å²) in [5, 5.41) is 0. The van der Waals surface area contributed by atoms with Gasteiger partial charge in [0.2, 0.25) is 0 Å². The van der Waals surface area contributed by atoms with Gasteiger partial charge in [0.25, 0.3) is 0 Å². The Kier molecular flexibility index (Phi) is 5.77. The number of esters is 1. The molecule has 0 amide bonds. The third-order valence-electron chi connectivity index (χ3n) is 3.30. The Morgan fingerprint density at radius 3 is 2.75 bits per heavy atom. The second kappa shape index (κ2) is 6.86. The maximum Gasteiger partial charge on any atom is 0.322 e. The van der Waals surface area contributed by atoms with Crippen molar-refractivity contribution in [3.05, 3.63) is 0 Å². The quantitative estimate of drug-likeness (QED) is 0.725. The van der Waals surface area contributed by atoms with Gasteiger partial charge in [-0.05, 0) is 25.2 Å². The molecule has 1 saturated carbocycles. The molecule has 0 spiro atoms. The normalized spacial score (nSPS) is 27.4. The molecule has 0 saturated heterocycles. The third kappa shape index (κ3) is 4.10. The lowest BCUT2D eigenvalue weighted by molar-refractivity contribution is -0.142. The van der Waals surface area contributed by atoms with E-state index in [0.717, 1.165) is 6.42 Å². The van der Waals surface area contributed by atoms with E-state index in [-0.39, 0.29) is 5.97 Å². The number of ether oxygens (including phenoxy) is 2. The van der Waals surface area contributed by atoms with E-state index in [0.29, 0.717) is 25.0 Å². The third-order valence-corrected chi connectivity index (χ3v) is 3.30. The van der Waals surface area contributed by atoms with E-state index in [1.165, 1.54) is 26.4 Å². The van der Waals surface area contributed by atoms with Crippen LogP contribution in [-0.2, 0) is 14.3 Å². The standard InChI is InChI=1S/C12H23NO3/c1-9-5-3-4-6-11(9)16-8-7-10(13)12(14)15-2/h9-11H,3-8,13H2,1-2H3. The molecule has 3 unspecified atom stereocenters. The minimum absolute atomic E-state index is 0.346. The number of hydrogen-bond acceptors (Lipinski definition) is 4. The number of methoxy groups -OCH3 is 1. The second-order valence-electron chi connectivity index (χ2n) is 4.59. The van der Waals surface area contributed by atoms with Crippen molar-refractivity contribution in [2.75, 3.05) is 13.7 Å². The van der Waals surface area contributed by atoms with Gasteiger partial charge >= 0.3 is 5.97 Å². The molecule has 16 heavy (non-hydrogen) atoms. The Hall–Kier alpha value is -0.610. The highest BCUT2D eigenvalue weighted by molar-refractivity contribution is 5.75. The summed E-state index contributed by atoms with van der Waals surface area (Å²) >= 11 is 0. The first kappa shape index (κ1) is 13.5. The van der Waals surface area contributed by atoms with Crippen LogP contribution < -0.4 is 5.73 Å². The molecule has 3 atom stereocenters. The molecular weight excluding hydrogens is 206 g/mol. The Bertz CT molecular complexity index is 220. The average Bonchev–Trinajstić information content (AvgIpc) is 2.30. The molecule has 0 heterocycles. The van der Waals surface area contributed by atoms with Gasteiger partial charge in [0.1, 0.15) is 6.04 Å². The molecule has 1 rings (SSSR count). The van der Waals surface area contributed by atoms with Gasteiger partial charge in [0, 0.05) is 6.61 Å². The van der Waals surface area contributed by atoms with Gasteiger partial charge in [0.15, 0.2) is 0 Å². The van der Waals surface area contributed by atoms with E-state index in [9.17, 15) is 4.79 Å². The molecule has 1 fully saturated rings.